The standard InChI is InChI=1S/C18H19N3O3S/c1-4-5-15-20-16(24-21-15)12(3)23-18(22)14-10-25-17(19-14)13-8-6-11(2)7-9-13/h6-10,12H,4-5H2,1-3H3/t12-/m0/s1. The van der Waals surface area contributed by atoms with Gasteiger partial charge in [0.05, 0.1) is 0 Å². The highest BCUT2D eigenvalue weighted by molar-refractivity contribution is 7.13. The molecule has 6 nitrogen and oxygen atoms in total. The summed E-state index contributed by atoms with van der Waals surface area (Å²) in [6, 6.07) is 8.00. The largest absolute Gasteiger partial charge is 0.448 e. The van der Waals surface area contributed by atoms with Crippen molar-refractivity contribution in [2.75, 3.05) is 0 Å². The molecule has 2 heterocycles. The number of aromatic nitrogens is 3. The van der Waals surface area contributed by atoms with Gasteiger partial charge in [0.1, 0.15) is 5.01 Å². The highest BCUT2D eigenvalue weighted by Crippen LogP contribution is 2.25. The summed E-state index contributed by atoms with van der Waals surface area (Å²) in [6.45, 7) is 5.76. The van der Waals surface area contributed by atoms with Crippen molar-refractivity contribution in [1.82, 2.24) is 15.1 Å². The summed E-state index contributed by atoms with van der Waals surface area (Å²) in [5.41, 5.74) is 2.43. The molecular formula is C18H19N3O3S. The fraction of sp³-hybridized carbons (Fsp3) is 0.333. The van der Waals surface area contributed by atoms with Crippen molar-refractivity contribution in [2.45, 2.75) is 39.7 Å². The Morgan fingerprint density at radius 1 is 1.28 bits per heavy atom. The third-order valence-corrected chi connectivity index (χ3v) is 4.49. The summed E-state index contributed by atoms with van der Waals surface area (Å²) >= 11 is 1.41. The average Bonchev–Trinajstić information content (AvgIpc) is 3.25. The van der Waals surface area contributed by atoms with Crippen LogP contribution in [0.4, 0.5) is 0 Å². The molecule has 3 rings (SSSR count). The maximum Gasteiger partial charge on any atom is 0.358 e. The number of carbonyl (C=O) groups is 1. The fourth-order valence-corrected chi connectivity index (χ4v) is 3.02. The number of hydrogen-bond donors (Lipinski definition) is 0. The van der Waals surface area contributed by atoms with E-state index >= 15 is 0 Å². The summed E-state index contributed by atoms with van der Waals surface area (Å²) in [7, 11) is 0. The van der Waals surface area contributed by atoms with E-state index in [1.54, 1.807) is 12.3 Å². The summed E-state index contributed by atoms with van der Waals surface area (Å²) in [5, 5.41) is 6.34. The van der Waals surface area contributed by atoms with Crippen LogP contribution in [-0.4, -0.2) is 21.1 Å². The van der Waals surface area contributed by atoms with E-state index in [1.807, 2.05) is 38.1 Å². The molecule has 3 aromatic rings. The first-order valence-corrected chi connectivity index (χ1v) is 9.00. The van der Waals surface area contributed by atoms with Crippen LogP contribution in [0.15, 0.2) is 34.2 Å². The molecule has 0 N–H and O–H groups in total. The van der Waals surface area contributed by atoms with Crippen LogP contribution in [0.1, 0.15) is 54.1 Å². The van der Waals surface area contributed by atoms with Crippen molar-refractivity contribution in [3.63, 3.8) is 0 Å². The maximum absolute atomic E-state index is 12.3. The summed E-state index contributed by atoms with van der Waals surface area (Å²) in [6.07, 6.45) is 1.04. The zero-order valence-electron chi connectivity index (χ0n) is 14.4. The SMILES string of the molecule is CCCc1noc([C@H](C)OC(=O)c2csc(-c3ccc(C)cc3)n2)n1. The van der Waals surface area contributed by atoms with E-state index in [9.17, 15) is 4.79 Å². The summed E-state index contributed by atoms with van der Waals surface area (Å²) < 4.78 is 10.5. The van der Waals surface area contributed by atoms with Crippen molar-refractivity contribution < 1.29 is 14.1 Å². The van der Waals surface area contributed by atoms with E-state index in [-0.39, 0.29) is 5.69 Å². The van der Waals surface area contributed by atoms with Crippen molar-refractivity contribution >= 4 is 17.3 Å². The Balaban J connectivity index is 1.67. The van der Waals surface area contributed by atoms with Crippen molar-refractivity contribution in [1.29, 1.82) is 0 Å². The molecule has 2 aromatic heterocycles. The molecule has 0 spiro atoms. The van der Waals surface area contributed by atoms with Crippen LogP contribution in [0, 0.1) is 6.92 Å². The number of nitrogens with zero attached hydrogens (tertiary/aromatic N) is 3. The third-order valence-electron chi connectivity index (χ3n) is 3.60. The predicted octanol–water partition coefficient (Wildman–Crippen LogP) is 4.37. The first-order chi connectivity index (χ1) is 12.1. The van der Waals surface area contributed by atoms with Gasteiger partial charge in [-0.2, -0.15) is 4.98 Å². The van der Waals surface area contributed by atoms with Gasteiger partial charge in [0.15, 0.2) is 17.6 Å². The summed E-state index contributed by atoms with van der Waals surface area (Å²) in [5.74, 6) is 0.416. The maximum atomic E-state index is 12.3. The van der Waals surface area contributed by atoms with E-state index in [2.05, 4.69) is 15.1 Å². The molecule has 0 aliphatic heterocycles. The van der Waals surface area contributed by atoms with Crippen LogP contribution in [0.25, 0.3) is 10.6 Å². The molecule has 1 aromatic carbocycles. The van der Waals surface area contributed by atoms with Gasteiger partial charge in [-0.05, 0) is 20.3 Å². The van der Waals surface area contributed by atoms with Gasteiger partial charge in [-0.15, -0.1) is 11.3 Å². The Labute approximate surface area is 149 Å². The molecular weight excluding hydrogens is 338 g/mol. The minimum atomic E-state index is -0.616. The van der Waals surface area contributed by atoms with Crippen molar-refractivity contribution in [3.05, 3.63) is 52.6 Å². The second-order valence-corrected chi connectivity index (χ2v) is 6.61. The molecule has 0 amide bonds. The van der Waals surface area contributed by atoms with Crippen molar-refractivity contribution in [2.24, 2.45) is 0 Å². The number of esters is 1. The van der Waals surface area contributed by atoms with Crippen LogP contribution < -0.4 is 0 Å². The molecule has 0 unspecified atom stereocenters. The van der Waals surface area contributed by atoms with Gasteiger partial charge < -0.3 is 9.26 Å². The molecule has 7 heteroatoms. The lowest BCUT2D eigenvalue weighted by molar-refractivity contribution is 0.0259. The fourth-order valence-electron chi connectivity index (χ4n) is 2.23. The second kappa shape index (κ2) is 7.57. The first kappa shape index (κ1) is 17.3. The molecule has 0 aliphatic carbocycles. The van der Waals surface area contributed by atoms with Gasteiger partial charge in [0, 0.05) is 17.4 Å². The van der Waals surface area contributed by atoms with Crippen LogP contribution in [0.3, 0.4) is 0 Å². The number of aryl methyl sites for hydroxylation is 2. The highest BCUT2D eigenvalue weighted by atomic mass is 32.1. The Bertz CT molecular complexity index is 855. The molecule has 130 valence electrons. The van der Waals surface area contributed by atoms with Gasteiger partial charge in [0.2, 0.25) is 0 Å². The minimum Gasteiger partial charge on any atom is -0.448 e. The Kier molecular flexibility index (Phi) is 5.23. The van der Waals surface area contributed by atoms with Crippen LogP contribution >= 0.6 is 11.3 Å². The smallest absolute Gasteiger partial charge is 0.358 e. The molecule has 0 saturated carbocycles. The normalized spacial score (nSPS) is 12.1. The van der Waals surface area contributed by atoms with E-state index in [4.69, 9.17) is 9.26 Å². The van der Waals surface area contributed by atoms with Gasteiger partial charge in [-0.3, -0.25) is 0 Å². The lowest BCUT2D eigenvalue weighted by atomic mass is 10.2. The van der Waals surface area contributed by atoms with Crippen molar-refractivity contribution in [3.8, 4) is 10.6 Å². The third kappa shape index (κ3) is 4.11. The van der Waals surface area contributed by atoms with E-state index < -0.39 is 12.1 Å². The monoisotopic (exact) mass is 357 g/mol. The first-order valence-electron chi connectivity index (χ1n) is 8.13. The van der Waals surface area contributed by atoms with Gasteiger partial charge in [0.25, 0.3) is 5.89 Å². The lowest BCUT2D eigenvalue weighted by Gasteiger charge is -2.07. The number of hydrogen-bond acceptors (Lipinski definition) is 7. The predicted molar refractivity (Wildman–Crippen MR) is 94.4 cm³/mol. The van der Waals surface area contributed by atoms with Gasteiger partial charge in [-0.1, -0.05) is 41.9 Å². The van der Waals surface area contributed by atoms with Crippen LogP contribution in [0.5, 0.6) is 0 Å². The highest BCUT2D eigenvalue weighted by Gasteiger charge is 2.21. The topological polar surface area (TPSA) is 78.1 Å². The molecule has 0 saturated heterocycles. The zero-order chi connectivity index (χ0) is 17.8. The minimum absolute atomic E-state index is 0.278. The Morgan fingerprint density at radius 2 is 2.04 bits per heavy atom. The van der Waals surface area contributed by atoms with Gasteiger partial charge >= 0.3 is 5.97 Å². The van der Waals surface area contributed by atoms with E-state index in [1.165, 1.54) is 16.9 Å². The average molecular weight is 357 g/mol. The quantitative estimate of drug-likeness (QED) is 0.610. The Hall–Kier alpha value is -2.54. The number of thiazole rings is 1. The Morgan fingerprint density at radius 3 is 2.76 bits per heavy atom. The molecule has 25 heavy (non-hydrogen) atoms. The zero-order valence-corrected chi connectivity index (χ0v) is 15.2. The number of ether oxygens (including phenoxy) is 1. The van der Waals surface area contributed by atoms with E-state index in [0.717, 1.165) is 23.4 Å². The molecule has 0 radical (unpaired) electrons. The van der Waals surface area contributed by atoms with Gasteiger partial charge in [-0.25, -0.2) is 9.78 Å². The van der Waals surface area contributed by atoms with Crippen LogP contribution in [-0.2, 0) is 11.2 Å². The van der Waals surface area contributed by atoms with Crippen LogP contribution in [0.2, 0.25) is 0 Å². The second-order valence-electron chi connectivity index (χ2n) is 5.75. The number of carbonyl (C=O) groups excluding carboxylic acids is 1. The number of benzene rings is 1. The lowest BCUT2D eigenvalue weighted by Crippen LogP contribution is -2.10. The molecule has 1 atom stereocenters. The molecule has 0 aliphatic rings. The number of rotatable bonds is 6. The summed E-state index contributed by atoms with van der Waals surface area (Å²) in [4.78, 5) is 20.9. The molecule has 0 bridgehead atoms. The molecule has 0 fully saturated rings. The van der Waals surface area contributed by atoms with E-state index in [0.29, 0.717) is 11.7 Å².